The molecule has 27 heteroatoms. The number of nitrogens with one attached hydrogen (secondary N) is 2. The van der Waals surface area contributed by atoms with E-state index in [1.807, 2.05) is 4.90 Å². The van der Waals surface area contributed by atoms with Crippen molar-refractivity contribution in [2.45, 2.75) is 61.4 Å². The predicted molar refractivity (Wildman–Crippen MR) is 298 cm³/mol. The van der Waals surface area contributed by atoms with E-state index < -0.39 is 36.9 Å². The third kappa shape index (κ3) is 14.7. The van der Waals surface area contributed by atoms with Gasteiger partial charge in [-0.3, -0.25) is 37.8 Å². The molecular weight excluding hydrogens is 1310 g/mol. The van der Waals surface area contributed by atoms with Crippen LogP contribution < -0.4 is 30.0 Å². The number of hydrogen-bond acceptors (Lipinski definition) is 14. The monoisotopic (exact) mass is 1360 g/mol. The molecule has 1 fully saturated rings. The smallest absolute Gasteiger partial charge is 0.263 e. The quantitative estimate of drug-likeness (QED) is 0.0600. The van der Waals surface area contributed by atoms with Crippen molar-refractivity contribution in [1.29, 1.82) is 0 Å². The maximum absolute atomic E-state index is 13.5. The zero-order chi connectivity index (χ0) is 55.9. The summed E-state index contributed by atoms with van der Waals surface area (Å²) in [6.45, 7) is 2.21. The van der Waals surface area contributed by atoms with Gasteiger partial charge < -0.3 is 21.8 Å². The van der Waals surface area contributed by atoms with Crippen molar-refractivity contribution >= 4 is 99.2 Å². The van der Waals surface area contributed by atoms with Crippen molar-refractivity contribution in [3.05, 3.63) is 160 Å². The van der Waals surface area contributed by atoms with Crippen LogP contribution in [0.25, 0.3) is 44.1 Å². The molecule has 420 valence electrons. The number of ether oxygens (including phenoxy) is 2. The Bertz CT molecular complexity index is 3990. The first-order valence-electron chi connectivity index (χ1n) is 23.7. The van der Waals surface area contributed by atoms with Gasteiger partial charge in [-0.2, -0.15) is 0 Å². The van der Waals surface area contributed by atoms with E-state index in [-0.39, 0.29) is 101 Å². The van der Waals surface area contributed by atoms with Gasteiger partial charge in [-0.15, -0.1) is 0 Å². The fourth-order valence-corrected chi connectivity index (χ4v) is 11.7. The minimum Gasteiger partial charge on any atom is -0.480 e. The molecule has 2 N–H and O–H groups in total. The summed E-state index contributed by atoms with van der Waals surface area (Å²) in [5, 5.41) is -0.354. The van der Waals surface area contributed by atoms with Crippen LogP contribution in [0.1, 0.15) is 38.5 Å². The number of hydrogen-bond donors (Lipinski definition) is 2. The maximum Gasteiger partial charge on any atom is 0.263 e. The van der Waals surface area contributed by atoms with E-state index in [0.717, 1.165) is 62.3 Å². The molecule has 0 aliphatic carbocycles. The average molecular weight is 1360 g/mol. The van der Waals surface area contributed by atoms with Crippen molar-refractivity contribution in [3.63, 3.8) is 0 Å². The number of likely N-dealkylation sites (tertiary alicyclic amines) is 1. The van der Waals surface area contributed by atoms with E-state index in [2.05, 4.69) is 29.4 Å². The number of aromatic nitrogens is 6. The molecule has 0 unspecified atom stereocenters. The van der Waals surface area contributed by atoms with E-state index in [1.165, 1.54) is 60.5 Å². The molecule has 0 bridgehead atoms. The van der Waals surface area contributed by atoms with Gasteiger partial charge in [0.2, 0.25) is 22.9 Å². The summed E-state index contributed by atoms with van der Waals surface area (Å²) in [6.07, 6.45) is 9.30. The topological polar surface area (TPSA) is 244 Å². The first kappa shape index (κ1) is 62.3. The molecule has 1 aliphatic rings. The Kier molecular flexibility index (Phi) is 21.1. The third-order valence-corrected chi connectivity index (χ3v) is 16.2. The van der Waals surface area contributed by atoms with Gasteiger partial charge in [-0.05, 0) is 121 Å². The van der Waals surface area contributed by atoms with Gasteiger partial charge in [-0.1, -0.05) is 35.3 Å². The summed E-state index contributed by atoms with van der Waals surface area (Å²) < 4.78 is 96.9. The number of methoxy groups -OCH3 is 2. The summed E-state index contributed by atoms with van der Waals surface area (Å²) in [6, 6.07) is 19.0. The van der Waals surface area contributed by atoms with Crippen LogP contribution in [0.3, 0.4) is 0 Å². The van der Waals surface area contributed by atoms with Crippen LogP contribution in [0.5, 0.6) is 11.8 Å². The van der Waals surface area contributed by atoms with Crippen molar-refractivity contribution < 1.29 is 65.7 Å². The Hall–Kier alpha value is -6.88. The third-order valence-electron chi connectivity index (χ3n) is 12.3. The molecule has 4 aromatic carbocycles. The van der Waals surface area contributed by atoms with Gasteiger partial charge in [0.25, 0.3) is 31.2 Å². The fourth-order valence-electron chi connectivity index (χ4n) is 8.39. The van der Waals surface area contributed by atoms with Crippen LogP contribution >= 0.6 is 34.8 Å². The Labute approximate surface area is 487 Å². The number of benzene rings is 4. The van der Waals surface area contributed by atoms with Gasteiger partial charge in [-0.25, -0.2) is 45.6 Å². The second kappa shape index (κ2) is 27.1. The van der Waals surface area contributed by atoms with Crippen LogP contribution in [0.2, 0.25) is 10.0 Å². The Morgan fingerprint density at radius 3 is 1.44 bits per heavy atom. The molecule has 5 heterocycles. The zero-order valence-corrected chi connectivity index (χ0v) is 49.6. The van der Waals surface area contributed by atoms with Crippen LogP contribution in [-0.2, 0) is 63.8 Å². The number of rotatable bonds is 18. The summed E-state index contributed by atoms with van der Waals surface area (Å²) in [7, 11) is -5.77. The average Bonchev–Trinajstić information content (AvgIpc) is 4.03. The van der Waals surface area contributed by atoms with Crippen molar-refractivity contribution in [1.82, 2.24) is 34.0 Å². The normalized spacial score (nSPS) is 12.2. The predicted octanol–water partition coefficient (Wildman–Crippen LogP) is 9.52. The van der Waals surface area contributed by atoms with E-state index in [0.29, 0.717) is 69.9 Å². The van der Waals surface area contributed by atoms with E-state index in [1.54, 1.807) is 36.4 Å². The summed E-state index contributed by atoms with van der Waals surface area (Å²) in [5.41, 5.74) is 2.58. The number of sulfonamides is 2. The number of fused-ring (bicyclic) bond motifs is 2. The summed E-state index contributed by atoms with van der Waals surface area (Å²) in [5.74, 6) is -1.25. The second-order valence-electron chi connectivity index (χ2n) is 17.5. The van der Waals surface area contributed by atoms with Crippen LogP contribution in [0.4, 0.5) is 20.2 Å². The molecule has 1 amide bonds. The van der Waals surface area contributed by atoms with Gasteiger partial charge in [0.15, 0.2) is 0 Å². The minimum atomic E-state index is -4.22. The van der Waals surface area contributed by atoms with Crippen LogP contribution in [0.15, 0.2) is 129 Å². The molecule has 0 saturated carbocycles. The molecule has 4 aromatic heterocycles. The van der Waals surface area contributed by atoms with Gasteiger partial charge in [0, 0.05) is 83.6 Å². The van der Waals surface area contributed by atoms with Crippen molar-refractivity contribution in [2.24, 2.45) is 0 Å². The van der Waals surface area contributed by atoms with E-state index in [4.69, 9.17) is 44.3 Å². The standard InChI is InChI=1S/C28H27ClFN5O5S.C24H19Cl2FN4O5S.CH3.W/c1-40-27-24(33-41(38,39)25-9-7-20(30)15-22(25)29)14-19(16-31-27)18-6-8-23-21(13-18)28(37)35(17-32-23)12-4-5-26(36)34-10-2-3-11-34;1-36-23-20(30-37(34,35)21-7-5-16(27)11-18(21)25)10-15(12-28-23)14-4-6-19-17(9-14)24(33)31(13-29-19)8-2-3-22(26)32;;/h6-9,13-17,33H,2-5,10-12H2,1H3;4-7,9-13,30H,2-3,8H2,1H3;1H3;/q;;-1;. The Morgan fingerprint density at radius 2 is 1.04 bits per heavy atom. The second-order valence-corrected chi connectivity index (χ2v) is 22.1. The molecule has 19 nitrogen and oxygen atoms in total. The van der Waals surface area contributed by atoms with Gasteiger partial charge in [0.1, 0.15) is 32.8 Å². The van der Waals surface area contributed by atoms with Crippen molar-refractivity contribution in [3.8, 4) is 34.0 Å². The van der Waals surface area contributed by atoms with E-state index in [9.17, 15) is 44.8 Å². The molecule has 0 atom stereocenters. The number of carbonyl (C=O) groups excluding carboxylic acids is 2. The zero-order valence-electron chi connectivity index (χ0n) is 42.8. The molecule has 0 spiro atoms. The largest absolute Gasteiger partial charge is 0.480 e. The summed E-state index contributed by atoms with van der Waals surface area (Å²) in [4.78, 5) is 67.9. The fraction of sp³-hybridized carbons (Fsp3) is 0.226. The summed E-state index contributed by atoms with van der Waals surface area (Å²) >= 11 is 17.3. The Balaban J connectivity index is 0.000000253. The van der Waals surface area contributed by atoms with Gasteiger partial charge in [0.05, 0.1) is 58.7 Å². The number of amides is 1. The number of nitrogens with zero attached hydrogens (tertiary/aromatic N) is 7. The SMILES string of the molecule is COc1ncc(-c2ccc3ncn(CCCC(=O)Cl)c(=O)c3c2)cc1NS(=O)(=O)c1ccc(F)cc1Cl.COc1ncc(-c2ccc3ncn(CCCC(=O)N4CCCC4)c(=O)c3c2)cc1NS(=O)(=O)c1ccc(F)cc1Cl.[CH3-].[W]. The molecular formula is C53H49Cl3F2N9O10S2W-. The first-order valence-corrected chi connectivity index (χ1v) is 27.8. The molecule has 8 aromatic rings. The van der Waals surface area contributed by atoms with Gasteiger partial charge >= 0.3 is 0 Å². The number of halogens is 5. The maximum atomic E-state index is 13.5. The molecule has 1 aliphatic heterocycles. The number of pyridine rings is 2. The minimum absolute atomic E-state index is 0. The molecule has 0 radical (unpaired) electrons. The molecule has 9 rings (SSSR count). The van der Waals surface area contributed by atoms with Crippen LogP contribution in [-0.4, -0.2) is 89.3 Å². The molecule has 1 saturated heterocycles. The Morgan fingerprint density at radius 1 is 0.613 bits per heavy atom. The molecule has 80 heavy (non-hydrogen) atoms. The number of carbonyl (C=O) groups is 2. The first-order chi connectivity index (χ1) is 37.2. The number of aryl methyl sites for hydroxylation is 2. The van der Waals surface area contributed by atoms with Crippen molar-refractivity contribution in [2.75, 3.05) is 36.8 Å². The number of anilines is 2. The van der Waals surface area contributed by atoms with Crippen LogP contribution in [0, 0.1) is 19.1 Å². The van der Waals surface area contributed by atoms with E-state index >= 15 is 0 Å².